The van der Waals surface area contributed by atoms with Gasteiger partial charge in [-0.15, -0.1) is 12.4 Å². The van der Waals surface area contributed by atoms with Gasteiger partial charge in [-0.3, -0.25) is 0 Å². The lowest BCUT2D eigenvalue weighted by Gasteiger charge is -2.37. The van der Waals surface area contributed by atoms with E-state index >= 15 is 0 Å². The zero-order valence-corrected chi connectivity index (χ0v) is 14.9. The molecule has 1 fully saturated rings. The van der Waals surface area contributed by atoms with Crippen molar-refractivity contribution in [1.82, 2.24) is 4.90 Å². The molecule has 2 atom stereocenters. The highest BCUT2D eigenvalue weighted by Gasteiger charge is 2.41. The Hall–Kier alpha value is -1.22. The zero-order chi connectivity index (χ0) is 15.1. The van der Waals surface area contributed by atoms with Crippen LogP contribution in [0.1, 0.15) is 23.5 Å². The summed E-state index contributed by atoms with van der Waals surface area (Å²) in [4.78, 5) is 5.04. The highest BCUT2D eigenvalue weighted by molar-refractivity contribution is 6.30. The molecule has 4 heteroatoms. The van der Waals surface area contributed by atoms with Crippen molar-refractivity contribution in [1.29, 1.82) is 0 Å². The molecule has 2 aromatic carbocycles. The Bertz CT molecular complexity index is 674. The Balaban J connectivity index is 0.00000156. The van der Waals surface area contributed by atoms with Crippen LogP contribution >= 0.6 is 24.0 Å². The topological polar surface area (TPSA) is 6.48 Å². The SMILES string of the molecule is CN1CCC2C(C1)c1cc(Cl)ccc1N2Cc1ccccc1.Cl. The highest BCUT2D eigenvalue weighted by atomic mass is 35.5. The average Bonchev–Trinajstić information content (AvgIpc) is 2.81. The quantitative estimate of drug-likeness (QED) is 0.784. The number of hydrogen-bond donors (Lipinski definition) is 0. The number of rotatable bonds is 2. The Morgan fingerprint density at radius 3 is 2.70 bits per heavy atom. The fraction of sp³-hybridized carbons (Fsp3) is 0.368. The molecule has 122 valence electrons. The molecular weight excluding hydrogens is 327 g/mol. The van der Waals surface area contributed by atoms with E-state index in [4.69, 9.17) is 11.6 Å². The van der Waals surface area contributed by atoms with Gasteiger partial charge in [0, 0.05) is 35.8 Å². The third kappa shape index (κ3) is 3.08. The van der Waals surface area contributed by atoms with E-state index in [9.17, 15) is 0 Å². The van der Waals surface area contributed by atoms with Crippen LogP contribution in [0.5, 0.6) is 0 Å². The number of fused-ring (bicyclic) bond motifs is 3. The summed E-state index contributed by atoms with van der Waals surface area (Å²) in [6.07, 6.45) is 1.22. The van der Waals surface area contributed by atoms with E-state index in [2.05, 4.69) is 59.3 Å². The summed E-state index contributed by atoms with van der Waals surface area (Å²) in [7, 11) is 2.22. The fourth-order valence-corrected chi connectivity index (χ4v) is 4.21. The first-order valence-electron chi connectivity index (χ1n) is 8.01. The molecule has 0 radical (unpaired) electrons. The average molecular weight is 349 g/mol. The number of likely N-dealkylation sites (N-methyl/N-ethyl adjacent to an activating group) is 1. The normalized spacial score (nSPS) is 23.1. The van der Waals surface area contributed by atoms with Gasteiger partial charge in [0.25, 0.3) is 0 Å². The van der Waals surface area contributed by atoms with Crippen molar-refractivity contribution in [3.63, 3.8) is 0 Å². The maximum Gasteiger partial charge on any atom is 0.0432 e. The highest BCUT2D eigenvalue weighted by Crippen LogP contribution is 2.46. The number of piperidine rings is 1. The Morgan fingerprint density at radius 1 is 1.13 bits per heavy atom. The molecule has 2 aliphatic heterocycles. The summed E-state index contributed by atoms with van der Waals surface area (Å²) in [6, 6.07) is 17.8. The van der Waals surface area contributed by atoms with Gasteiger partial charge in [0.15, 0.2) is 0 Å². The number of anilines is 1. The lowest BCUT2D eigenvalue weighted by Crippen LogP contribution is -2.44. The van der Waals surface area contributed by atoms with Crippen LogP contribution in [0.3, 0.4) is 0 Å². The lowest BCUT2D eigenvalue weighted by molar-refractivity contribution is 0.231. The molecule has 2 aliphatic rings. The summed E-state index contributed by atoms with van der Waals surface area (Å²) in [5.74, 6) is 0.580. The monoisotopic (exact) mass is 348 g/mol. The first-order chi connectivity index (χ1) is 10.7. The Labute approximate surface area is 149 Å². The second-order valence-corrected chi connectivity index (χ2v) is 6.98. The fourth-order valence-electron chi connectivity index (χ4n) is 4.03. The maximum atomic E-state index is 6.27. The maximum absolute atomic E-state index is 6.27. The van der Waals surface area contributed by atoms with Crippen molar-refractivity contribution in [2.75, 3.05) is 25.0 Å². The third-order valence-corrected chi connectivity index (χ3v) is 5.31. The molecule has 0 N–H and O–H groups in total. The largest absolute Gasteiger partial charge is 0.363 e. The van der Waals surface area contributed by atoms with Crippen molar-refractivity contribution in [3.8, 4) is 0 Å². The molecule has 2 heterocycles. The molecule has 0 aromatic heterocycles. The van der Waals surface area contributed by atoms with Gasteiger partial charge in [-0.1, -0.05) is 41.9 Å². The number of likely N-dealkylation sites (tertiary alicyclic amines) is 1. The van der Waals surface area contributed by atoms with Crippen molar-refractivity contribution in [2.45, 2.75) is 24.9 Å². The minimum atomic E-state index is 0. The smallest absolute Gasteiger partial charge is 0.0432 e. The van der Waals surface area contributed by atoms with Gasteiger partial charge in [-0.2, -0.15) is 0 Å². The molecular formula is C19H22Cl2N2. The van der Waals surface area contributed by atoms with Crippen molar-refractivity contribution in [2.24, 2.45) is 0 Å². The molecule has 0 aliphatic carbocycles. The number of benzene rings is 2. The van der Waals surface area contributed by atoms with Crippen molar-refractivity contribution in [3.05, 3.63) is 64.7 Å². The summed E-state index contributed by atoms with van der Waals surface area (Å²) < 4.78 is 0. The van der Waals surface area contributed by atoms with Crippen LogP contribution < -0.4 is 4.90 Å². The minimum absolute atomic E-state index is 0. The molecule has 2 nitrogen and oxygen atoms in total. The lowest BCUT2D eigenvalue weighted by atomic mass is 9.89. The van der Waals surface area contributed by atoms with Crippen LogP contribution in [0.15, 0.2) is 48.5 Å². The van der Waals surface area contributed by atoms with Crippen LogP contribution in [0.2, 0.25) is 5.02 Å². The number of nitrogens with zero attached hydrogens (tertiary/aromatic N) is 2. The summed E-state index contributed by atoms with van der Waals surface area (Å²) in [5, 5.41) is 0.854. The summed E-state index contributed by atoms with van der Waals surface area (Å²) >= 11 is 6.27. The van der Waals surface area contributed by atoms with E-state index in [1.165, 1.54) is 29.8 Å². The van der Waals surface area contributed by atoms with Gasteiger partial charge in [-0.05, 0) is 49.3 Å². The van der Waals surface area contributed by atoms with Gasteiger partial charge >= 0.3 is 0 Å². The molecule has 2 unspecified atom stereocenters. The predicted molar refractivity (Wildman–Crippen MR) is 100.0 cm³/mol. The standard InChI is InChI=1S/C19H21ClN2.ClH/c1-21-10-9-19-17(13-21)16-11-15(20)7-8-18(16)22(19)12-14-5-3-2-4-6-14;/h2-8,11,17,19H,9-10,12-13H2,1H3;1H. The second kappa shape index (κ2) is 6.72. The zero-order valence-electron chi connectivity index (χ0n) is 13.3. The number of halogens is 2. The predicted octanol–water partition coefficient (Wildman–Crippen LogP) is 4.57. The van der Waals surface area contributed by atoms with E-state index in [0.29, 0.717) is 12.0 Å². The van der Waals surface area contributed by atoms with E-state index < -0.39 is 0 Å². The van der Waals surface area contributed by atoms with Gasteiger partial charge < -0.3 is 9.80 Å². The van der Waals surface area contributed by atoms with E-state index in [-0.39, 0.29) is 12.4 Å². The molecule has 1 saturated heterocycles. The third-order valence-electron chi connectivity index (χ3n) is 5.07. The Kier molecular flexibility index (Phi) is 4.86. The van der Waals surface area contributed by atoms with Crippen LogP contribution in [-0.2, 0) is 6.54 Å². The second-order valence-electron chi connectivity index (χ2n) is 6.54. The van der Waals surface area contributed by atoms with Crippen LogP contribution in [-0.4, -0.2) is 31.1 Å². The molecule has 0 saturated carbocycles. The number of hydrogen-bond acceptors (Lipinski definition) is 2. The van der Waals surface area contributed by atoms with Gasteiger partial charge in [0.1, 0.15) is 0 Å². The van der Waals surface area contributed by atoms with Crippen molar-refractivity contribution < 1.29 is 0 Å². The summed E-state index contributed by atoms with van der Waals surface area (Å²) in [6.45, 7) is 3.29. The summed E-state index contributed by atoms with van der Waals surface area (Å²) in [5.41, 5.74) is 4.18. The van der Waals surface area contributed by atoms with Crippen LogP contribution in [0.25, 0.3) is 0 Å². The first-order valence-corrected chi connectivity index (χ1v) is 8.39. The first kappa shape index (κ1) is 16.6. The van der Waals surface area contributed by atoms with Crippen molar-refractivity contribution >= 4 is 29.7 Å². The van der Waals surface area contributed by atoms with Gasteiger partial charge in [0.2, 0.25) is 0 Å². The van der Waals surface area contributed by atoms with Crippen LogP contribution in [0.4, 0.5) is 5.69 Å². The molecule has 4 rings (SSSR count). The van der Waals surface area contributed by atoms with Crippen LogP contribution in [0, 0.1) is 0 Å². The molecule has 0 spiro atoms. The van der Waals surface area contributed by atoms with E-state index in [0.717, 1.165) is 18.1 Å². The molecule has 0 bridgehead atoms. The van der Waals surface area contributed by atoms with Gasteiger partial charge in [0.05, 0.1) is 0 Å². The van der Waals surface area contributed by atoms with E-state index in [1.807, 2.05) is 6.07 Å². The molecule has 2 aromatic rings. The molecule has 23 heavy (non-hydrogen) atoms. The Morgan fingerprint density at radius 2 is 1.91 bits per heavy atom. The molecule has 0 amide bonds. The minimum Gasteiger partial charge on any atom is -0.363 e. The van der Waals surface area contributed by atoms with Gasteiger partial charge in [-0.25, -0.2) is 0 Å². The van der Waals surface area contributed by atoms with E-state index in [1.54, 1.807) is 0 Å².